The topological polar surface area (TPSA) is 114 Å². The molecule has 1 amide bonds. The van der Waals surface area contributed by atoms with Crippen molar-refractivity contribution >= 4 is 27.6 Å². The zero-order valence-corrected chi connectivity index (χ0v) is 26.4. The van der Waals surface area contributed by atoms with Crippen LogP contribution in [-0.2, 0) is 32.7 Å². The molecular weight excluding hydrogens is 571 g/mol. The molecule has 234 valence electrons. The second-order valence-corrected chi connectivity index (χ2v) is 12.4. The van der Waals surface area contributed by atoms with Gasteiger partial charge in [-0.25, -0.2) is 8.42 Å². The van der Waals surface area contributed by atoms with Crippen LogP contribution in [0.25, 0.3) is 11.1 Å². The molecule has 4 rings (SSSR count). The zero-order valence-electron chi connectivity index (χ0n) is 25.6. The van der Waals surface area contributed by atoms with Crippen LogP contribution in [0.2, 0.25) is 0 Å². The number of aryl methyl sites for hydroxylation is 1. The third-order valence-electron chi connectivity index (χ3n) is 7.97. The maximum Gasteiger partial charge on any atom is 0.263 e. The highest BCUT2D eigenvalue weighted by Gasteiger charge is 2.46. The van der Waals surface area contributed by atoms with Gasteiger partial charge >= 0.3 is 0 Å². The molecule has 11 heteroatoms. The van der Waals surface area contributed by atoms with Crippen molar-refractivity contribution in [3.8, 4) is 11.1 Å². The average molecular weight is 615 g/mol. The molecule has 1 N–H and O–H groups in total. The van der Waals surface area contributed by atoms with Gasteiger partial charge in [0.05, 0.1) is 24.7 Å². The predicted octanol–water partition coefficient (Wildman–Crippen LogP) is 6.98. The van der Waals surface area contributed by atoms with Crippen LogP contribution in [0.5, 0.6) is 0 Å². The van der Waals surface area contributed by atoms with E-state index in [-0.39, 0.29) is 37.6 Å². The highest BCUT2D eigenvalue weighted by Crippen LogP contribution is 2.35. The number of nitrogens with one attached hydrogen (secondary N) is 1. The van der Waals surface area contributed by atoms with E-state index in [0.29, 0.717) is 47.7 Å². The minimum Gasteiger partial charge on any atom is -0.377 e. The molecule has 0 saturated heterocycles. The molecule has 0 aliphatic carbocycles. The number of amidine groups is 1. The molecule has 1 aromatic heterocycles. The first kappa shape index (κ1) is 32.3. The maximum absolute atomic E-state index is 13.6. The molecule has 1 aliphatic rings. The van der Waals surface area contributed by atoms with Gasteiger partial charge in [-0.2, -0.15) is 0 Å². The van der Waals surface area contributed by atoms with Gasteiger partial charge in [0, 0.05) is 32.0 Å². The fraction of sp³-hybridized carbons (Fsp3) is 0.469. The first-order valence-electron chi connectivity index (χ1n) is 14.8. The van der Waals surface area contributed by atoms with Gasteiger partial charge in [0.25, 0.3) is 15.9 Å². The van der Waals surface area contributed by atoms with Crippen LogP contribution in [0.1, 0.15) is 76.8 Å². The van der Waals surface area contributed by atoms with Gasteiger partial charge in [0.2, 0.25) is 0 Å². The van der Waals surface area contributed by atoms with Crippen LogP contribution in [0.4, 0.5) is 10.2 Å². The monoisotopic (exact) mass is 614 g/mol. The predicted molar refractivity (Wildman–Crippen MR) is 167 cm³/mol. The molecule has 0 unspecified atom stereocenters. The number of amides is 1. The Morgan fingerprint density at radius 3 is 2.53 bits per heavy atom. The molecule has 1 aliphatic heterocycles. The van der Waals surface area contributed by atoms with Gasteiger partial charge < -0.3 is 9.26 Å². The summed E-state index contributed by atoms with van der Waals surface area (Å²) in [6.07, 6.45) is 2.96. The molecular formula is C32H43FN4O5S. The highest BCUT2D eigenvalue weighted by molar-refractivity contribution is 7.92. The summed E-state index contributed by atoms with van der Waals surface area (Å²) in [7, 11) is -4.02. The Balaban J connectivity index is 0.00000529. The first-order valence-corrected chi connectivity index (χ1v) is 16.3. The summed E-state index contributed by atoms with van der Waals surface area (Å²) >= 11 is 0. The van der Waals surface area contributed by atoms with E-state index < -0.39 is 22.2 Å². The summed E-state index contributed by atoms with van der Waals surface area (Å²) in [5.74, 6) is 1.19. The van der Waals surface area contributed by atoms with Gasteiger partial charge in [-0.15, -0.1) is 0 Å². The van der Waals surface area contributed by atoms with Crippen LogP contribution < -0.4 is 4.72 Å². The lowest BCUT2D eigenvalue weighted by atomic mass is 9.92. The summed E-state index contributed by atoms with van der Waals surface area (Å²) in [5.41, 5.74) is 2.37. The normalized spacial score (nSPS) is 17.0. The molecule has 0 radical (unpaired) electrons. The van der Waals surface area contributed by atoms with Crippen molar-refractivity contribution in [3.63, 3.8) is 0 Å². The Morgan fingerprint density at radius 1 is 1.12 bits per heavy atom. The summed E-state index contributed by atoms with van der Waals surface area (Å²) in [4.78, 5) is 20.2. The second kappa shape index (κ2) is 13.8. The molecule has 2 aromatic carbocycles. The van der Waals surface area contributed by atoms with Crippen molar-refractivity contribution < 1.29 is 28.3 Å². The lowest BCUT2D eigenvalue weighted by molar-refractivity contribution is -0.132. The van der Waals surface area contributed by atoms with Crippen molar-refractivity contribution in [1.29, 1.82) is 0 Å². The average Bonchev–Trinajstić information content (AvgIpc) is 3.45. The van der Waals surface area contributed by atoms with E-state index in [1.54, 1.807) is 43.0 Å². The summed E-state index contributed by atoms with van der Waals surface area (Å²) in [6, 6.07) is 12.5. The number of carbonyl (C=O) groups excluding carboxylic acids is 1. The number of halogens is 1. The number of alkyl halides is 1. The fourth-order valence-corrected chi connectivity index (χ4v) is 6.56. The van der Waals surface area contributed by atoms with E-state index in [2.05, 4.69) is 16.8 Å². The van der Waals surface area contributed by atoms with Gasteiger partial charge in [0.15, 0.2) is 5.82 Å². The summed E-state index contributed by atoms with van der Waals surface area (Å²) < 4.78 is 54.1. The zero-order chi connectivity index (χ0) is 31.2. The summed E-state index contributed by atoms with van der Waals surface area (Å²) in [6.45, 7) is 9.68. The quantitative estimate of drug-likeness (QED) is 0.198. The number of carbonyl (C=O) groups is 1. The minimum atomic E-state index is -4.02. The Bertz CT molecular complexity index is 1590. The molecule has 2 heterocycles. The van der Waals surface area contributed by atoms with E-state index in [0.717, 1.165) is 24.0 Å². The van der Waals surface area contributed by atoms with Crippen LogP contribution >= 0.6 is 0 Å². The lowest BCUT2D eigenvalue weighted by Gasteiger charge is -2.25. The van der Waals surface area contributed by atoms with E-state index in [4.69, 9.17) is 14.3 Å². The highest BCUT2D eigenvalue weighted by atomic mass is 32.2. The molecule has 0 bridgehead atoms. The number of aromatic nitrogens is 1. The van der Waals surface area contributed by atoms with Crippen molar-refractivity contribution in [2.75, 3.05) is 18.0 Å². The third-order valence-corrected chi connectivity index (χ3v) is 9.37. The number of benzene rings is 2. The number of ether oxygens (including phenoxy) is 1. The van der Waals surface area contributed by atoms with E-state index in [1.807, 2.05) is 32.0 Å². The van der Waals surface area contributed by atoms with Gasteiger partial charge in [0.1, 0.15) is 17.1 Å². The molecule has 3 aromatic rings. The number of unbranched alkanes of at least 4 members (excludes halogenated alkanes) is 1. The number of hydrogen-bond donors (Lipinski definition) is 1. The number of rotatable bonds is 15. The van der Waals surface area contributed by atoms with Crippen LogP contribution in [-0.4, -0.2) is 49.0 Å². The van der Waals surface area contributed by atoms with Gasteiger partial charge in [-0.05, 0) is 56.4 Å². The lowest BCUT2D eigenvalue weighted by Crippen LogP contribution is -2.42. The molecule has 1 atom stereocenters. The number of anilines is 1. The number of nitrogens with zero attached hydrogens (tertiary/aromatic N) is 3. The Kier molecular flexibility index (Phi) is 10.4. The van der Waals surface area contributed by atoms with E-state index in [1.165, 1.54) is 0 Å². The standard InChI is InChI=1S/C32H41FN4O5S.H2/c1-6-9-14-29-34-32(7-2,17-18-33)31(38)37(29)20-24-15-16-26(25(19-24)21-41-8-3)27-12-10-11-13-28(27)43(39,40)36-30-22(4)23(5)42-35-30;/h10-13,15-16,19H,6-9,14,17-18,20-21H2,1-5H3,(H,35,36);1H/t32-;/m0./s1. The van der Waals surface area contributed by atoms with Gasteiger partial charge in [-0.1, -0.05) is 61.8 Å². The van der Waals surface area contributed by atoms with Crippen molar-refractivity contribution in [2.24, 2.45) is 4.99 Å². The molecule has 9 nitrogen and oxygen atoms in total. The number of hydrogen-bond acceptors (Lipinski definition) is 7. The van der Waals surface area contributed by atoms with Crippen molar-refractivity contribution in [1.82, 2.24) is 10.1 Å². The van der Waals surface area contributed by atoms with E-state index in [9.17, 15) is 17.6 Å². The number of aliphatic imine (C=N–C) groups is 1. The maximum atomic E-state index is 13.6. The Labute approximate surface area is 255 Å². The van der Waals surface area contributed by atoms with Gasteiger partial charge in [-0.3, -0.25) is 23.8 Å². The third kappa shape index (κ3) is 6.83. The van der Waals surface area contributed by atoms with Crippen LogP contribution in [0.15, 0.2) is 56.9 Å². The number of sulfonamides is 1. The Hall–Kier alpha value is -3.57. The molecule has 0 saturated carbocycles. The SMILES string of the molecule is CCCCC1=N[C@@](CC)(CCF)C(=O)N1Cc1ccc(-c2ccccc2S(=O)(=O)Nc2noc(C)c2C)c(COCC)c1.[HH]. The molecule has 0 fully saturated rings. The van der Waals surface area contributed by atoms with Crippen molar-refractivity contribution in [3.05, 3.63) is 64.9 Å². The second-order valence-electron chi connectivity index (χ2n) is 10.8. The largest absolute Gasteiger partial charge is 0.377 e. The first-order chi connectivity index (χ1) is 20.6. The van der Waals surface area contributed by atoms with Crippen LogP contribution in [0, 0.1) is 13.8 Å². The smallest absolute Gasteiger partial charge is 0.263 e. The molecule has 0 spiro atoms. The minimum absolute atomic E-state index is 0. The van der Waals surface area contributed by atoms with E-state index >= 15 is 0 Å². The van der Waals surface area contributed by atoms with Crippen LogP contribution in [0.3, 0.4) is 0 Å². The van der Waals surface area contributed by atoms with Crippen molar-refractivity contribution in [2.45, 2.75) is 90.3 Å². The Morgan fingerprint density at radius 2 is 1.88 bits per heavy atom. The molecule has 43 heavy (non-hydrogen) atoms. The fourth-order valence-electron chi connectivity index (χ4n) is 5.28. The summed E-state index contributed by atoms with van der Waals surface area (Å²) in [5, 5.41) is 3.86.